The first kappa shape index (κ1) is 28.5. The summed E-state index contributed by atoms with van der Waals surface area (Å²) < 4.78 is 11.5. The minimum atomic E-state index is -0.646. The minimum Gasteiger partial charge on any atom is -0.507 e. The average Bonchev–Trinajstić information content (AvgIpc) is 3.33. The third kappa shape index (κ3) is 6.47. The summed E-state index contributed by atoms with van der Waals surface area (Å²) in [6, 6.07) is -0.539. The normalized spacial score (nSPS) is 33.6. The Labute approximate surface area is 223 Å². The van der Waals surface area contributed by atoms with Crippen LogP contribution in [-0.4, -0.2) is 70.4 Å². The predicted octanol–water partition coefficient (Wildman–Crippen LogP) is -0.0451. The maximum Gasteiger partial charge on any atom is 1.00 e. The van der Waals surface area contributed by atoms with Crippen LogP contribution in [0.2, 0.25) is 0 Å². The summed E-state index contributed by atoms with van der Waals surface area (Å²) in [5.41, 5.74) is -0.160. The van der Waals surface area contributed by atoms with Crippen molar-refractivity contribution in [1.82, 2.24) is 4.90 Å². The van der Waals surface area contributed by atoms with Crippen molar-refractivity contribution in [2.24, 2.45) is 5.92 Å². The summed E-state index contributed by atoms with van der Waals surface area (Å²) in [5, 5.41) is 20.5. The van der Waals surface area contributed by atoms with Crippen LogP contribution in [-0.2, 0) is 19.1 Å². The van der Waals surface area contributed by atoms with E-state index in [0.29, 0.717) is 0 Å². The van der Waals surface area contributed by atoms with Crippen LogP contribution in [0.5, 0.6) is 0 Å². The van der Waals surface area contributed by atoms with Crippen LogP contribution in [0.4, 0.5) is 0 Å². The van der Waals surface area contributed by atoms with Crippen LogP contribution in [0, 0.1) is 5.92 Å². The number of amides is 1. The van der Waals surface area contributed by atoms with Crippen LogP contribution in [0.25, 0.3) is 0 Å². The second kappa shape index (κ2) is 12.8. The molecule has 8 heteroatoms. The zero-order chi connectivity index (χ0) is 24.1. The van der Waals surface area contributed by atoms with Gasteiger partial charge in [-0.1, -0.05) is 68.5 Å². The van der Waals surface area contributed by atoms with Crippen LogP contribution in [0.3, 0.4) is 0 Å². The molecular weight excluding hydrogens is 445 g/mol. The third-order valence-corrected chi connectivity index (χ3v) is 6.01. The number of Topliss-reactive ketones (excluding diaryl/α,β-unsaturated/α-hetero) is 1. The van der Waals surface area contributed by atoms with Crippen molar-refractivity contribution < 1.29 is 58.8 Å². The van der Waals surface area contributed by atoms with E-state index in [1.165, 1.54) is 11.0 Å². The fraction of sp³-hybridized carbons (Fsp3) is 0.462. The standard InChI is InChI=1S/C26H33NO6.Na/c1-16(2)22-24(30)21(26(31)27(22)4)18(28)13-11-9-7-5-6-8-10-12-14-19-23(29)25-20(33-19)15-17(3)32-25;/h5-14,16-17,19-20,22-23,25,28-29H,15H2,1-4H3;/q;+1/b6-5+,9-7-,10-8+,13-11+,14-12+,21-18-;. The minimum absolute atomic E-state index is 0. The molecule has 0 aromatic carbocycles. The number of hydrogen-bond acceptors (Lipinski definition) is 6. The van der Waals surface area contributed by atoms with E-state index in [-0.39, 0.29) is 77.0 Å². The first-order valence-electron chi connectivity index (χ1n) is 11.3. The third-order valence-electron chi connectivity index (χ3n) is 6.01. The van der Waals surface area contributed by atoms with E-state index in [1.807, 2.05) is 51.2 Å². The number of fused-ring (bicyclic) bond motifs is 1. The number of aliphatic hydroxyl groups excluding tert-OH is 2. The molecule has 0 aliphatic carbocycles. The first-order chi connectivity index (χ1) is 15.7. The number of likely N-dealkylation sites (tertiary alicyclic amines) is 1. The van der Waals surface area contributed by atoms with Crippen molar-refractivity contribution in [2.45, 2.75) is 63.8 Å². The molecule has 0 aromatic heterocycles. The molecule has 3 fully saturated rings. The van der Waals surface area contributed by atoms with Crippen molar-refractivity contribution >= 4 is 11.7 Å². The average molecular weight is 479 g/mol. The number of hydrogen-bond donors (Lipinski definition) is 2. The summed E-state index contributed by atoms with van der Waals surface area (Å²) in [6.45, 7) is 5.72. The maximum absolute atomic E-state index is 12.5. The number of likely N-dealkylation sites (N-methyl/N-ethyl adjacent to an activating group) is 1. The van der Waals surface area contributed by atoms with Gasteiger partial charge in [0, 0.05) is 13.5 Å². The van der Waals surface area contributed by atoms with E-state index in [9.17, 15) is 19.8 Å². The van der Waals surface area contributed by atoms with Gasteiger partial charge in [0.2, 0.25) is 0 Å². The van der Waals surface area contributed by atoms with Gasteiger partial charge in [0.05, 0.1) is 18.2 Å². The molecule has 1 amide bonds. The van der Waals surface area contributed by atoms with Gasteiger partial charge < -0.3 is 24.6 Å². The smallest absolute Gasteiger partial charge is 0.507 e. The predicted molar refractivity (Wildman–Crippen MR) is 125 cm³/mol. The number of carbonyl (C=O) groups excluding carboxylic acids is 2. The Morgan fingerprint density at radius 1 is 1.03 bits per heavy atom. The Balaban J connectivity index is 0.00000408. The molecule has 3 heterocycles. The Bertz CT molecular complexity index is 932. The molecule has 3 aliphatic rings. The van der Waals surface area contributed by atoms with Gasteiger partial charge >= 0.3 is 29.6 Å². The second-order valence-corrected chi connectivity index (χ2v) is 8.90. The van der Waals surface area contributed by atoms with E-state index >= 15 is 0 Å². The molecule has 3 aliphatic heterocycles. The van der Waals surface area contributed by atoms with Gasteiger partial charge in [0.25, 0.3) is 5.91 Å². The SMILES string of the molecule is CC1CC2OC(/C=C/C=C/C=C/C=C\C=C\C(O)=C3/C(=O)C(C(C)C)N(C)C3=O)C(O)C2O1.[Na+]. The Kier molecular flexibility index (Phi) is 10.7. The zero-order valence-corrected chi connectivity index (χ0v) is 22.5. The number of ether oxygens (including phenoxy) is 2. The van der Waals surface area contributed by atoms with E-state index in [0.717, 1.165) is 6.42 Å². The molecular formula is C26H33NNaO6+. The van der Waals surface area contributed by atoms with Crippen molar-refractivity contribution in [3.8, 4) is 0 Å². The molecule has 34 heavy (non-hydrogen) atoms. The number of aliphatic hydroxyl groups is 2. The molecule has 178 valence electrons. The van der Waals surface area contributed by atoms with E-state index in [1.54, 1.807) is 31.4 Å². The molecule has 0 spiro atoms. The molecule has 6 unspecified atom stereocenters. The van der Waals surface area contributed by atoms with E-state index in [2.05, 4.69) is 0 Å². The van der Waals surface area contributed by atoms with Crippen LogP contribution < -0.4 is 29.6 Å². The summed E-state index contributed by atoms with van der Waals surface area (Å²) >= 11 is 0. The number of carbonyl (C=O) groups is 2. The van der Waals surface area contributed by atoms with E-state index in [4.69, 9.17) is 9.47 Å². The van der Waals surface area contributed by atoms with Crippen LogP contribution in [0.15, 0.2) is 72.1 Å². The second-order valence-electron chi connectivity index (χ2n) is 8.90. The molecule has 6 atom stereocenters. The number of nitrogens with zero attached hydrogens (tertiary/aromatic N) is 1. The van der Waals surface area contributed by atoms with Crippen molar-refractivity contribution in [3.05, 3.63) is 72.1 Å². The summed E-state index contributed by atoms with van der Waals surface area (Å²) in [6.07, 6.45) is 17.0. The molecule has 0 radical (unpaired) electrons. The topological polar surface area (TPSA) is 96.3 Å². The molecule has 0 bridgehead atoms. The van der Waals surface area contributed by atoms with E-state index < -0.39 is 18.1 Å². The Hall–Kier alpha value is -1.74. The van der Waals surface area contributed by atoms with Crippen molar-refractivity contribution in [2.75, 3.05) is 7.05 Å². The maximum atomic E-state index is 12.5. The molecule has 7 nitrogen and oxygen atoms in total. The Morgan fingerprint density at radius 2 is 1.62 bits per heavy atom. The zero-order valence-electron chi connectivity index (χ0n) is 20.5. The van der Waals surface area contributed by atoms with Gasteiger partial charge in [0.1, 0.15) is 29.6 Å². The van der Waals surface area contributed by atoms with Gasteiger partial charge in [-0.05, 0) is 18.9 Å². The monoisotopic (exact) mass is 478 g/mol. The summed E-state index contributed by atoms with van der Waals surface area (Å²) in [4.78, 5) is 26.1. The Morgan fingerprint density at radius 3 is 2.18 bits per heavy atom. The fourth-order valence-corrected chi connectivity index (χ4v) is 4.44. The molecule has 0 aromatic rings. The quantitative estimate of drug-likeness (QED) is 0.175. The fourth-order valence-electron chi connectivity index (χ4n) is 4.44. The largest absolute Gasteiger partial charge is 1.00 e. The van der Waals surface area contributed by atoms with Crippen LogP contribution >= 0.6 is 0 Å². The first-order valence-corrected chi connectivity index (χ1v) is 11.3. The summed E-state index contributed by atoms with van der Waals surface area (Å²) in [7, 11) is 1.57. The van der Waals surface area contributed by atoms with Crippen molar-refractivity contribution in [3.63, 3.8) is 0 Å². The van der Waals surface area contributed by atoms with Gasteiger partial charge in [-0.3, -0.25) is 9.59 Å². The molecule has 3 saturated heterocycles. The van der Waals surface area contributed by atoms with Crippen LogP contribution in [0.1, 0.15) is 27.2 Å². The van der Waals surface area contributed by atoms with Crippen molar-refractivity contribution in [1.29, 1.82) is 0 Å². The number of ketones is 1. The molecule has 2 N–H and O–H groups in total. The molecule has 0 saturated carbocycles. The van der Waals surface area contributed by atoms with Gasteiger partial charge in [-0.15, -0.1) is 0 Å². The van der Waals surface area contributed by atoms with Gasteiger partial charge in [0.15, 0.2) is 5.78 Å². The number of allylic oxidation sites excluding steroid dienone is 9. The molecule has 3 rings (SSSR count). The van der Waals surface area contributed by atoms with Gasteiger partial charge in [-0.25, -0.2) is 0 Å². The number of rotatable bonds is 7. The van der Waals surface area contributed by atoms with Gasteiger partial charge in [-0.2, -0.15) is 0 Å². The summed E-state index contributed by atoms with van der Waals surface area (Å²) in [5.74, 6) is -1.15.